The molecule has 0 aliphatic carbocycles. The Labute approximate surface area is 169 Å². The zero-order chi connectivity index (χ0) is 20.6. The van der Waals surface area contributed by atoms with Gasteiger partial charge in [0, 0.05) is 13.1 Å². The van der Waals surface area contributed by atoms with E-state index < -0.39 is 0 Å². The minimum absolute atomic E-state index is 0.271. The lowest BCUT2D eigenvalue weighted by atomic mass is 10.1. The lowest BCUT2D eigenvalue weighted by molar-refractivity contribution is 0.0931. The van der Waals surface area contributed by atoms with Gasteiger partial charge in [-0.3, -0.25) is 9.59 Å². The number of aromatic nitrogens is 2. The van der Waals surface area contributed by atoms with Crippen molar-refractivity contribution in [2.45, 2.75) is 25.8 Å². The number of carbonyl (C=O) groups excluding carboxylic acids is 2. The molecule has 3 rings (SSSR count). The molecule has 0 unspecified atom stereocenters. The zero-order valence-electron chi connectivity index (χ0n) is 16.6. The van der Waals surface area contributed by atoms with Gasteiger partial charge < -0.3 is 24.7 Å². The van der Waals surface area contributed by atoms with Crippen LogP contribution in [-0.2, 0) is 13.0 Å². The quantitative estimate of drug-likeness (QED) is 0.497. The minimum Gasteiger partial charge on any atom is -0.497 e. The molecule has 1 aromatic carbocycles. The highest BCUT2D eigenvalue weighted by Crippen LogP contribution is 2.21. The SMILES string of the molecule is C=CCNC(=O)c1nc(C(=O)NCCOc2ccc(OC)cc2)n2c1CCCC2. The number of nitrogens with one attached hydrogen (secondary N) is 2. The highest BCUT2D eigenvalue weighted by molar-refractivity contribution is 5.97. The Morgan fingerprint density at radius 2 is 1.93 bits per heavy atom. The molecule has 0 saturated carbocycles. The first kappa shape index (κ1) is 20.4. The number of imidazole rings is 1. The van der Waals surface area contributed by atoms with Crippen molar-refractivity contribution in [1.29, 1.82) is 0 Å². The average molecular weight is 398 g/mol. The number of rotatable bonds is 9. The van der Waals surface area contributed by atoms with Crippen molar-refractivity contribution >= 4 is 11.8 Å². The number of methoxy groups -OCH3 is 1. The number of amides is 2. The maximum absolute atomic E-state index is 12.6. The second kappa shape index (κ2) is 9.77. The van der Waals surface area contributed by atoms with Crippen LogP contribution in [0.1, 0.15) is 39.6 Å². The number of fused-ring (bicyclic) bond motifs is 1. The summed E-state index contributed by atoms with van der Waals surface area (Å²) >= 11 is 0. The van der Waals surface area contributed by atoms with E-state index in [-0.39, 0.29) is 17.6 Å². The van der Waals surface area contributed by atoms with Crippen molar-refractivity contribution in [2.24, 2.45) is 0 Å². The Balaban J connectivity index is 1.60. The molecular formula is C21H26N4O4. The van der Waals surface area contributed by atoms with Gasteiger partial charge in [-0.2, -0.15) is 0 Å². The highest BCUT2D eigenvalue weighted by atomic mass is 16.5. The van der Waals surface area contributed by atoms with E-state index in [1.54, 1.807) is 25.3 Å². The van der Waals surface area contributed by atoms with Crippen molar-refractivity contribution in [2.75, 3.05) is 26.8 Å². The fourth-order valence-corrected chi connectivity index (χ4v) is 3.23. The van der Waals surface area contributed by atoms with E-state index in [0.717, 1.165) is 30.7 Å². The van der Waals surface area contributed by atoms with Crippen LogP contribution in [0.5, 0.6) is 11.5 Å². The van der Waals surface area contributed by atoms with Crippen LogP contribution >= 0.6 is 0 Å². The van der Waals surface area contributed by atoms with Crippen LogP contribution in [-0.4, -0.2) is 48.2 Å². The maximum atomic E-state index is 12.6. The summed E-state index contributed by atoms with van der Waals surface area (Å²) in [5.74, 6) is 1.13. The molecule has 0 saturated heterocycles. The Kier molecular flexibility index (Phi) is 6.89. The molecule has 2 N–H and O–H groups in total. The lowest BCUT2D eigenvalue weighted by Gasteiger charge is -2.17. The third-order valence-electron chi connectivity index (χ3n) is 4.66. The Bertz CT molecular complexity index is 874. The van der Waals surface area contributed by atoms with Crippen molar-refractivity contribution in [3.8, 4) is 11.5 Å². The fraction of sp³-hybridized carbons (Fsp3) is 0.381. The molecule has 2 aromatic rings. The van der Waals surface area contributed by atoms with Crippen LogP contribution in [0.3, 0.4) is 0 Å². The van der Waals surface area contributed by atoms with E-state index in [2.05, 4.69) is 22.2 Å². The van der Waals surface area contributed by atoms with Gasteiger partial charge >= 0.3 is 0 Å². The molecule has 154 valence electrons. The van der Waals surface area contributed by atoms with Gasteiger partial charge in [-0.15, -0.1) is 6.58 Å². The topological polar surface area (TPSA) is 94.5 Å². The predicted molar refractivity (Wildman–Crippen MR) is 109 cm³/mol. The normalized spacial score (nSPS) is 12.6. The van der Waals surface area contributed by atoms with E-state index in [1.165, 1.54) is 0 Å². The number of hydrogen-bond acceptors (Lipinski definition) is 5. The maximum Gasteiger partial charge on any atom is 0.287 e. The first-order valence-electron chi connectivity index (χ1n) is 9.67. The number of nitrogens with zero attached hydrogens (tertiary/aromatic N) is 2. The van der Waals surface area contributed by atoms with Gasteiger partial charge in [-0.25, -0.2) is 4.98 Å². The lowest BCUT2D eigenvalue weighted by Crippen LogP contribution is -2.31. The number of hydrogen-bond donors (Lipinski definition) is 2. The van der Waals surface area contributed by atoms with Crippen LogP contribution in [0.25, 0.3) is 0 Å². The predicted octanol–water partition coefficient (Wildman–Crippen LogP) is 1.95. The van der Waals surface area contributed by atoms with Gasteiger partial charge in [0.1, 0.15) is 23.8 Å². The van der Waals surface area contributed by atoms with Crippen LogP contribution in [0.2, 0.25) is 0 Å². The molecule has 1 aromatic heterocycles. The second-order valence-electron chi connectivity index (χ2n) is 6.62. The van der Waals surface area contributed by atoms with E-state index in [1.807, 2.05) is 16.7 Å². The third-order valence-corrected chi connectivity index (χ3v) is 4.66. The van der Waals surface area contributed by atoms with Crippen molar-refractivity contribution in [3.63, 3.8) is 0 Å². The van der Waals surface area contributed by atoms with Gasteiger partial charge in [0.2, 0.25) is 0 Å². The molecule has 1 aliphatic rings. The molecule has 1 aliphatic heterocycles. The molecule has 2 heterocycles. The third kappa shape index (κ3) is 4.96. The molecule has 8 heteroatoms. The molecular weight excluding hydrogens is 372 g/mol. The monoisotopic (exact) mass is 398 g/mol. The summed E-state index contributed by atoms with van der Waals surface area (Å²) in [6.07, 6.45) is 4.27. The van der Waals surface area contributed by atoms with Crippen molar-refractivity contribution < 1.29 is 19.1 Å². The van der Waals surface area contributed by atoms with Crippen molar-refractivity contribution in [1.82, 2.24) is 20.2 Å². The molecule has 0 radical (unpaired) electrons. The largest absolute Gasteiger partial charge is 0.497 e. The average Bonchev–Trinajstić information content (AvgIpc) is 3.15. The summed E-state index contributed by atoms with van der Waals surface area (Å²) in [6.45, 7) is 5.28. The molecule has 0 atom stereocenters. The van der Waals surface area contributed by atoms with Crippen LogP contribution in [0, 0.1) is 0 Å². The van der Waals surface area contributed by atoms with E-state index in [9.17, 15) is 9.59 Å². The van der Waals surface area contributed by atoms with Gasteiger partial charge in [0.25, 0.3) is 11.8 Å². The van der Waals surface area contributed by atoms with Gasteiger partial charge in [-0.05, 0) is 43.5 Å². The highest BCUT2D eigenvalue weighted by Gasteiger charge is 2.27. The molecule has 0 bridgehead atoms. The van der Waals surface area contributed by atoms with Crippen LogP contribution in [0.4, 0.5) is 0 Å². The Hall–Kier alpha value is -3.29. The summed E-state index contributed by atoms with van der Waals surface area (Å²) in [5.41, 5.74) is 1.14. The standard InChI is InChI=1S/C21H26N4O4/c1-3-11-22-20(26)18-17-6-4-5-13-25(17)19(24-18)21(27)23-12-14-29-16-9-7-15(28-2)8-10-16/h3,7-10H,1,4-6,11-14H2,2H3,(H,22,26)(H,23,27). The molecule has 29 heavy (non-hydrogen) atoms. The first-order chi connectivity index (χ1) is 14.1. The molecule has 8 nitrogen and oxygen atoms in total. The van der Waals surface area contributed by atoms with Crippen LogP contribution < -0.4 is 20.1 Å². The summed E-state index contributed by atoms with van der Waals surface area (Å²) in [4.78, 5) is 29.4. The smallest absolute Gasteiger partial charge is 0.287 e. The first-order valence-corrected chi connectivity index (χ1v) is 9.67. The van der Waals surface area contributed by atoms with E-state index in [4.69, 9.17) is 9.47 Å². The second-order valence-corrected chi connectivity index (χ2v) is 6.62. The molecule has 2 amide bonds. The summed E-state index contributed by atoms with van der Waals surface area (Å²) in [5, 5.41) is 5.55. The number of carbonyl (C=O) groups is 2. The van der Waals surface area contributed by atoms with Gasteiger partial charge in [0.05, 0.1) is 19.3 Å². The van der Waals surface area contributed by atoms with Crippen LogP contribution in [0.15, 0.2) is 36.9 Å². The summed E-state index contributed by atoms with van der Waals surface area (Å²) in [6, 6.07) is 7.23. The minimum atomic E-state index is -0.311. The summed E-state index contributed by atoms with van der Waals surface area (Å²) < 4.78 is 12.6. The zero-order valence-corrected chi connectivity index (χ0v) is 16.6. The van der Waals surface area contributed by atoms with Gasteiger partial charge in [0.15, 0.2) is 5.82 Å². The van der Waals surface area contributed by atoms with Crippen molar-refractivity contribution in [3.05, 3.63) is 54.1 Å². The summed E-state index contributed by atoms with van der Waals surface area (Å²) in [7, 11) is 1.61. The molecule has 0 spiro atoms. The Morgan fingerprint density at radius 1 is 1.17 bits per heavy atom. The fourth-order valence-electron chi connectivity index (χ4n) is 3.23. The number of ether oxygens (including phenoxy) is 2. The molecule has 0 fully saturated rings. The van der Waals surface area contributed by atoms with E-state index in [0.29, 0.717) is 37.7 Å². The Morgan fingerprint density at radius 3 is 2.66 bits per heavy atom. The number of benzene rings is 1. The van der Waals surface area contributed by atoms with Gasteiger partial charge in [-0.1, -0.05) is 6.08 Å². The van der Waals surface area contributed by atoms with E-state index >= 15 is 0 Å².